The van der Waals surface area contributed by atoms with E-state index in [0.717, 1.165) is 12.1 Å². The molecule has 0 unspecified atom stereocenters. The summed E-state index contributed by atoms with van der Waals surface area (Å²) >= 11 is 0. The minimum absolute atomic E-state index is 0.0267. The number of piperazine rings is 1. The molecule has 1 aromatic rings. The predicted octanol–water partition coefficient (Wildman–Crippen LogP) is 1.45. The Bertz CT molecular complexity index is 488. The maximum atomic E-state index is 13.8. The summed E-state index contributed by atoms with van der Waals surface area (Å²) in [5, 5.41) is 0. The van der Waals surface area contributed by atoms with Crippen molar-refractivity contribution in [1.29, 1.82) is 0 Å². The lowest BCUT2D eigenvalue weighted by molar-refractivity contribution is -0.129. The van der Waals surface area contributed by atoms with E-state index in [2.05, 4.69) is 0 Å². The second kappa shape index (κ2) is 5.34. The van der Waals surface area contributed by atoms with Crippen LogP contribution in [0.4, 0.5) is 14.5 Å². The Labute approximate surface area is 109 Å². The fourth-order valence-electron chi connectivity index (χ4n) is 2.20. The van der Waals surface area contributed by atoms with Crippen LogP contribution in [0.2, 0.25) is 0 Å². The summed E-state index contributed by atoms with van der Waals surface area (Å²) < 4.78 is 27.6. The highest BCUT2D eigenvalue weighted by Crippen LogP contribution is 2.25. The standard InChI is InChI=1S/C13H14F2N2O2/c1-9(19)16-2-4-17(5-3-16)13-11(14)6-10(8-18)7-12(13)15/h6-8H,2-5H2,1H3. The molecule has 0 spiro atoms. The van der Waals surface area contributed by atoms with Crippen LogP contribution in [0, 0.1) is 11.6 Å². The van der Waals surface area contributed by atoms with Crippen molar-refractivity contribution < 1.29 is 18.4 Å². The molecule has 0 atom stereocenters. The van der Waals surface area contributed by atoms with Crippen LogP contribution in [0.3, 0.4) is 0 Å². The number of amides is 1. The molecule has 0 N–H and O–H groups in total. The highest BCUT2D eigenvalue weighted by atomic mass is 19.1. The molecule has 102 valence electrons. The lowest BCUT2D eigenvalue weighted by Crippen LogP contribution is -2.48. The van der Waals surface area contributed by atoms with Crippen LogP contribution in [0.1, 0.15) is 17.3 Å². The van der Waals surface area contributed by atoms with Crippen molar-refractivity contribution in [2.24, 2.45) is 0 Å². The topological polar surface area (TPSA) is 40.6 Å². The number of halogens is 2. The van der Waals surface area contributed by atoms with Crippen LogP contribution in [-0.4, -0.2) is 43.3 Å². The minimum atomic E-state index is -0.752. The van der Waals surface area contributed by atoms with Crippen molar-refractivity contribution in [2.75, 3.05) is 31.1 Å². The Kier molecular flexibility index (Phi) is 3.78. The van der Waals surface area contributed by atoms with Gasteiger partial charge in [0, 0.05) is 38.7 Å². The number of anilines is 1. The van der Waals surface area contributed by atoms with E-state index in [-0.39, 0.29) is 17.2 Å². The zero-order valence-corrected chi connectivity index (χ0v) is 10.5. The molecule has 1 saturated heterocycles. The number of carbonyl (C=O) groups excluding carboxylic acids is 2. The largest absolute Gasteiger partial charge is 0.363 e. The average Bonchev–Trinajstić information content (AvgIpc) is 2.38. The quantitative estimate of drug-likeness (QED) is 0.762. The molecule has 1 aromatic carbocycles. The van der Waals surface area contributed by atoms with Gasteiger partial charge < -0.3 is 9.80 Å². The SMILES string of the molecule is CC(=O)N1CCN(c2c(F)cc(C=O)cc2F)CC1. The number of hydrogen-bond donors (Lipinski definition) is 0. The van der Waals surface area contributed by atoms with E-state index in [0.29, 0.717) is 32.5 Å². The predicted molar refractivity (Wildman–Crippen MR) is 66.2 cm³/mol. The Morgan fingerprint density at radius 3 is 2.11 bits per heavy atom. The molecule has 0 aromatic heterocycles. The number of aldehydes is 1. The van der Waals surface area contributed by atoms with Gasteiger partial charge in [0.25, 0.3) is 0 Å². The maximum absolute atomic E-state index is 13.8. The van der Waals surface area contributed by atoms with E-state index < -0.39 is 11.6 Å². The summed E-state index contributed by atoms with van der Waals surface area (Å²) in [6, 6.07) is 2.03. The molecule has 1 aliphatic heterocycles. The summed E-state index contributed by atoms with van der Waals surface area (Å²) in [6.45, 7) is 3.07. The summed E-state index contributed by atoms with van der Waals surface area (Å²) in [7, 11) is 0. The third-order valence-electron chi connectivity index (χ3n) is 3.22. The number of carbonyl (C=O) groups is 2. The summed E-state index contributed by atoms with van der Waals surface area (Å²) in [6.07, 6.45) is 0.406. The first-order valence-electron chi connectivity index (χ1n) is 5.97. The van der Waals surface area contributed by atoms with E-state index in [4.69, 9.17) is 0 Å². The van der Waals surface area contributed by atoms with Gasteiger partial charge in [0.1, 0.15) is 23.6 Å². The zero-order chi connectivity index (χ0) is 14.0. The molecule has 2 rings (SSSR count). The van der Waals surface area contributed by atoms with Gasteiger partial charge in [0.2, 0.25) is 5.91 Å². The van der Waals surface area contributed by atoms with Crippen molar-refractivity contribution in [2.45, 2.75) is 6.92 Å². The van der Waals surface area contributed by atoms with Crippen LogP contribution in [-0.2, 0) is 4.79 Å². The molecule has 1 amide bonds. The zero-order valence-electron chi connectivity index (χ0n) is 10.5. The first kappa shape index (κ1) is 13.5. The monoisotopic (exact) mass is 268 g/mol. The first-order valence-corrected chi connectivity index (χ1v) is 5.97. The second-order valence-corrected chi connectivity index (χ2v) is 4.44. The lowest BCUT2D eigenvalue weighted by atomic mass is 10.1. The van der Waals surface area contributed by atoms with E-state index in [9.17, 15) is 18.4 Å². The van der Waals surface area contributed by atoms with E-state index in [1.165, 1.54) is 6.92 Å². The van der Waals surface area contributed by atoms with Gasteiger partial charge in [-0.15, -0.1) is 0 Å². The normalized spacial score (nSPS) is 15.5. The van der Waals surface area contributed by atoms with Gasteiger partial charge in [-0.2, -0.15) is 0 Å². The number of rotatable bonds is 2. The molecule has 0 bridgehead atoms. The second-order valence-electron chi connectivity index (χ2n) is 4.44. The van der Waals surface area contributed by atoms with E-state index in [1.807, 2.05) is 0 Å². The maximum Gasteiger partial charge on any atom is 0.219 e. The van der Waals surface area contributed by atoms with Crippen molar-refractivity contribution in [3.63, 3.8) is 0 Å². The molecule has 0 saturated carbocycles. The molecule has 19 heavy (non-hydrogen) atoms. The summed E-state index contributed by atoms with van der Waals surface area (Å²) in [5.41, 5.74) is -0.157. The highest BCUT2D eigenvalue weighted by Gasteiger charge is 2.23. The van der Waals surface area contributed by atoms with E-state index >= 15 is 0 Å². The van der Waals surface area contributed by atoms with Gasteiger partial charge >= 0.3 is 0 Å². The van der Waals surface area contributed by atoms with Crippen LogP contribution in [0.25, 0.3) is 0 Å². The van der Waals surface area contributed by atoms with Gasteiger partial charge in [-0.25, -0.2) is 8.78 Å². The molecular weight excluding hydrogens is 254 g/mol. The number of hydrogen-bond acceptors (Lipinski definition) is 3. The van der Waals surface area contributed by atoms with Crippen molar-refractivity contribution in [3.05, 3.63) is 29.3 Å². The minimum Gasteiger partial charge on any atom is -0.363 e. The lowest BCUT2D eigenvalue weighted by Gasteiger charge is -2.35. The van der Waals surface area contributed by atoms with E-state index in [1.54, 1.807) is 9.80 Å². The van der Waals surface area contributed by atoms with Crippen molar-refractivity contribution in [1.82, 2.24) is 4.90 Å². The van der Waals surface area contributed by atoms with Gasteiger partial charge in [-0.3, -0.25) is 9.59 Å². The van der Waals surface area contributed by atoms with Crippen LogP contribution in [0.5, 0.6) is 0 Å². The van der Waals surface area contributed by atoms with Gasteiger partial charge in [-0.05, 0) is 12.1 Å². The Morgan fingerprint density at radius 1 is 1.16 bits per heavy atom. The molecule has 1 aliphatic rings. The molecule has 0 aliphatic carbocycles. The van der Waals surface area contributed by atoms with Gasteiger partial charge in [0.05, 0.1) is 0 Å². The van der Waals surface area contributed by atoms with Crippen LogP contribution < -0.4 is 4.90 Å². The molecular formula is C13H14F2N2O2. The number of nitrogens with zero attached hydrogens (tertiary/aromatic N) is 2. The smallest absolute Gasteiger partial charge is 0.219 e. The number of benzene rings is 1. The van der Waals surface area contributed by atoms with Crippen LogP contribution >= 0.6 is 0 Å². The Balaban J connectivity index is 2.20. The fourth-order valence-corrected chi connectivity index (χ4v) is 2.20. The third kappa shape index (κ3) is 2.72. The molecule has 1 heterocycles. The average molecular weight is 268 g/mol. The Morgan fingerprint density at radius 2 is 1.68 bits per heavy atom. The molecule has 4 nitrogen and oxygen atoms in total. The highest BCUT2D eigenvalue weighted by molar-refractivity contribution is 5.76. The summed E-state index contributed by atoms with van der Waals surface area (Å²) in [5.74, 6) is -1.55. The van der Waals surface area contributed by atoms with Gasteiger partial charge in [0.15, 0.2) is 0 Å². The van der Waals surface area contributed by atoms with Crippen LogP contribution in [0.15, 0.2) is 12.1 Å². The fraction of sp³-hybridized carbons (Fsp3) is 0.385. The van der Waals surface area contributed by atoms with Crippen molar-refractivity contribution in [3.8, 4) is 0 Å². The molecule has 1 fully saturated rings. The molecule has 6 heteroatoms. The Hall–Kier alpha value is -1.98. The molecule has 0 radical (unpaired) electrons. The third-order valence-corrected chi connectivity index (χ3v) is 3.22. The first-order chi connectivity index (χ1) is 9.02. The summed E-state index contributed by atoms with van der Waals surface area (Å²) in [4.78, 5) is 24.9. The van der Waals surface area contributed by atoms with Gasteiger partial charge in [-0.1, -0.05) is 0 Å². The van der Waals surface area contributed by atoms with Crippen molar-refractivity contribution >= 4 is 17.9 Å².